The predicted octanol–water partition coefficient (Wildman–Crippen LogP) is 3.11. The van der Waals surface area contributed by atoms with Crippen molar-refractivity contribution in [1.29, 1.82) is 0 Å². The smallest absolute Gasteiger partial charge is 0.288 e. The first kappa shape index (κ1) is 19.2. The van der Waals surface area contributed by atoms with Gasteiger partial charge in [0.15, 0.2) is 9.84 Å². The quantitative estimate of drug-likeness (QED) is 0.695. The molecule has 0 saturated carbocycles. The second-order valence-electron chi connectivity index (χ2n) is 7.04. The number of benzene rings is 1. The minimum absolute atomic E-state index is 0.0460. The number of rotatable bonds is 6. The molecule has 142 valence electrons. The number of hydrogen-bond donors (Lipinski definition) is 0. The number of halogens is 1. The van der Waals surface area contributed by atoms with Crippen LogP contribution in [0.2, 0.25) is 0 Å². The molecule has 0 radical (unpaired) electrons. The van der Waals surface area contributed by atoms with Crippen molar-refractivity contribution in [2.45, 2.75) is 33.0 Å². The molecule has 1 aliphatic heterocycles. The standard InChI is InChI=1S/C17H22FN3O3S2/c1-12(2)9-20(15-7-8-26(22,23)10-15)11-21-17(25)24-16(19-21)13-3-5-14(18)6-4-13/h3-6,12,15H,7-11H2,1-2H3/t15-/m0/s1. The van der Waals surface area contributed by atoms with Gasteiger partial charge >= 0.3 is 0 Å². The van der Waals surface area contributed by atoms with Gasteiger partial charge in [-0.1, -0.05) is 13.8 Å². The summed E-state index contributed by atoms with van der Waals surface area (Å²) in [4.78, 5) is 2.31. The number of hydrogen-bond acceptors (Lipinski definition) is 6. The summed E-state index contributed by atoms with van der Waals surface area (Å²) in [5.41, 5.74) is 0.634. The van der Waals surface area contributed by atoms with Gasteiger partial charge in [-0.15, -0.1) is 5.10 Å². The molecule has 1 atom stereocenters. The Kier molecular flexibility index (Phi) is 5.59. The highest BCUT2D eigenvalue weighted by Gasteiger charge is 2.33. The van der Waals surface area contributed by atoms with Crippen LogP contribution >= 0.6 is 12.2 Å². The van der Waals surface area contributed by atoms with Gasteiger partial charge in [-0.05, 0) is 48.8 Å². The molecule has 0 amide bonds. The van der Waals surface area contributed by atoms with E-state index in [2.05, 4.69) is 23.8 Å². The third-order valence-corrected chi connectivity index (χ3v) is 6.38. The molecule has 6 nitrogen and oxygen atoms in total. The first-order valence-corrected chi connectivity index (χ1v) is 10.7. The second kappa shape index (κ2) is 7.58. The van der Waals surface area contributed by atoms with Gasteiger partial charge in [-0.2, -0.15) is 0 Å². The van der Waals surface area contributed by atoms with E-state index in [-0.39, 0.29) is 28.2 Å². The first-order chi connectivity index (χ1) is 12.2. The van der Waals surface area contributed by atoms with E-state index in [1.165, 1.54) is 12.1 Å². The molecule has 1 aromatic heterocycles. The van der Waals surface area contributed by atoms with E-state index in [1.807, 2.05) is 0 Å². The molecule has 1 aromatic carbocycles. The molecule has 2 aromatic rings. The van der Waals surface area contributed by atoms with Gasteiger partial charge in [0.25, 0.3) is 4.84 Å². The molecule has 1 fully saturated rings. The van der Waals surface area contributed by atoms with E-state index in [0.717, 1.165) is 6.54 Å². The zero-order chi connectivity index (χ0) is 18.9. The summed E-state index contributed by atoms with van der Waals surface area (Å²) in [6, 6.07) is 5.78. The topological polar surface area (TPSA) is 68.3 Å². The predicted molar refractivity (Wildman–Crippen MR) is 99.3 cm³/mol. The maximum Gasteiger partial charge on any atom is 0.288 e. The average molecular weight is 400 g/mol. The second-order valence-corrected chi connectivity index (χ2v) is 9.62. The lowest BCUT2D eigenvalue weighted by Gasteiger charge is -2.29. The van der Waals surface area contributed by atoms with E-state index in [1.54, 1.807) is 16.8 Å². The lowest BCUT2D eigenvalue weighted by atomic mass is 10.1. The molecule has 26 heavy (non-hydrogen) atoms. The Morgan fingerprint density at radius 3 is 2.65 bits per heavy atom. The van der Waals surface area contributed by atoms with Gasteiger partial charge in [0.2, 0.25) is 5.89 Å². The van der Waals surface area contributed by atoms with E-state index in [9.17, 15) is 12.8 Å². The monoisotopic (exact) mass is 399 g/mol. The Labute approximate surface area is 157 Å². The number of sulfone groups is 1. The maximum absolute atomic E-state index is 13.1. The Morgan fingerprint density at radius 2 is 2.08 bits per heavy atom. The van der Waals surface area contributed by atoms with E-state index < -0.39 is 9.84 Å². The summed E-state index contributed by atoms with van der Waals surface area (Å²) < 4.78 is 43.9. The minimum atomic E-state index is -2.98. The summed E-state index contributed by atoms with van der Waals surface area (Å²) in [6.07, 6.45) is 0.616. The molecular weight excluding hydrogens is 377 g/mol. The van der Waals surface area contributed by atoms with Crippen LogP contribution in [0.25, 0.3) is 11.5 Å². The molecular formula is C17H22FN3O3S2. The molecule has 9 heteroatoms. The third kappa shape index (κ3) is 4.57. The molecule has 0 unspecified atom stereocenters. The Bertz CT molecular complexity index is 919. The summed E-state index contributed by atoms with van der Waals surface area (Å²) in [6.45, 7) is 5.27. The Balaban J connectivity index is 1.82. The SMILES string of the molecule is CC(C)CN(Cn1nc(-c2ccc(F)cc2)oc1=S)[C@H]1CCS(=O)(=O)C1. The molecule has 1 aliphatic rings. The van der Waals surface area contributed by atoms with Crippen LogP contribution in [0.4, 0.5) is 4.39 Å². The molecule has 3 rings (SSSR count). The first-order valence-electron chi connectivity index (χ1n) is 8.52. The van der Waals surface area contributed by atoms with Crippen LogP contribution < -0.4 is 0 Å². The number of aromatic nitrogens is 2. The van der Waals surface area contributed by atoms with Crippen molar-refractivity contribution < 1.29 is 17.2 Å². The lowest BCUT2D eigenvalue weighted by molar-refractivity contribution is 0.136. The molecule has 0 spiro atoms. The molecule has 0 bridgehead atoms. The molecule has 1 saturated heterocycles. The molecule has 2 heterocycles. The highest BCUT2D eigenvalue weighted by Crippen LogP contribution is 2.22. The fraction of sp³-hybridized carbons (Fsp3) is 0.529. The number of nitrogens with zero attached hydrogens (tertiary/aromatic N) is 3. The zero-order valence-electron chi connectivity index (χ0n) is 14.8. The van der Waals surface area contributed by atoms with Crippen molar-refractivity contribution in [3.63, 3.8) is 0 Å². The van der Waals surface area contributed by atoms with Crippen molar-refractivity contribution in [3.05, 3.63) is 34.9 Å². The largest absolute Gasteiger partial charge is 0.409 e. The van der Waals surface area contributed by atoms with Crippen LogP contribution in [0, 0.1) is 16.6 Å². The van der Waals surface area contributed by atoms with Crippen LogP contribution in [0.3, 0.4) is 0 Å². The average Bonchev–Trinajstić information content (AvgIpc) is 3.10. The van der Waals surface area contributed by atoms with Crippen LogP contribution in [0.1, 0.15) is 20.3 Å². The van der Waals surface area contributed by atoms with E-state index >= 15 is 0 Å². The van der Waals surface area contributed by atoms with Crippen molar-refractivity contribution >= 4 is 22.1 Å². The molecule has 0 N–H and O–H groups in total. The zero-order valence-corrected chi connectivity index (χ0v) is 16.4. The van der Waals surface area contributed by atoms with Crippen LogP contribution in [0.5, 0.6) is 0 Å². The highest BCUT2D eigenvalue weighted by molar-refractivity contribution is 7.91. The van der Waals surface area contributed by atoms with E-state index in [0.29, 0.717) is 30.5 Å². The van der Waals surface area contributed by atoms with E-state index in [4.69, 9.17) is 16.6 Å². The van der Waals surface area contributed by atoms with Gasteiger partial charge in [0, 0.05) is 18.2 Å². The summed E-state index contributed by atoms with van der Waals surface area (Å²) >= 11 is 5.27. The van der Waals surface area contributed by atoms with Crippen LogP contribution in [-0.2, 0) is 16.5 Å². The van der Waals surface area contributed by atoms with Crippen molar-refractivity contribution in [1.82, 2.24) is 14.7 Å². The fourth-order valence-electron chi connectivity index (χ4n) is 3.13. The van der Waals surface area contributed by atoms with Gasteiger partial charge in [-0.3, -0.25) is 4.90 Å². The Hall–Kier alpha value is -1.58. The van der Waals surface area contributed by atoms with Crippen molar-refractivity contribution in [2.24, 2.45) is 5.92 Å². The van der Waals surface area contributed by atoms with Crippen molar-refractivity contribution in [2.75, 3.05) is 18.1 Å². The summed E-state index contributed by atoms with van der Waals surface area (Å²) in [7, 11) is -2.98. The van der Waals surface area contributed by atoms with Gasteiger partial charge in [0.1, 0.15) is 5.82 Å². The lowest BCUT2D eigenvalue weighted by Crippen LogP contribution is -2.40. The Morgan fingerprint density at radius 1 is 1.38 bits per heavy atom. The fourth-order valence-corrected chi connectivity index (χ4v) is 5.07. The van der Waals surface area contributed by atoms with Gasteiger partial charge in [0.05, 0.1) is 18.2 Å². The normalized spacial score (nSPS) is 19.5. The van der Waals surface area contributed by atoms with Gasteiger partial charge < -0.3 is 4.42 Å². The van der Waals surface area contributed by atoms with Crippen molar-refractivity contribution in [3.8, 4) is 11.5 Å². The summed E-state index contributed by atoms with van der Waals surface area (Å²) in [5.74, 6) is 0.735. The van der Waals surface area contributed by atoms with Gasteiger partial charge in [-0.25, -0.2) is 17.5 Å². The van der Waals surface area contributed by atoms with Crippen LogP contribution in [-0.4, -0.2) is 47.2 Å². The summed E-state index contributed by atoms with van der Waals surface area (Å²) in [5, 5.41) is 4.40. The highest BCUT2D eigenvalue weighted by atomic mass is 32.2. The maximum atomic E-state index is 13.1. The molecule has 0 aliphatic carbocycles. The van der Waals surface area contributed by atoms with Crippen LogP contribution in [0.15, 0.2) is 28.7 Å². The minimum Gasteiger partial charge on any atom is -0.409 e. The third-order valence-electron chi connectivity index (χ3n) is 4.34.